The van der Waals surface area contributed by atoms with Crippen molar-refractivity contribution in [1.82, 2.24) is 4.98 Å². The molecule has 1 N–H and O–H groups in total. The fourth-order valence-corrected chi connectivity index (χ4v) is 2.60. The number of methoxy groups -OCH3 is 1. The minimum atomic E-state index is 0.380. The van der Waals surface area contributed by atoms with E-state index in [0.29, 0.717) is 17.8 Å². The van der Waals surface area contributed by atoms with Gasteiger partial charge in [-0.1, -0.05) is 18.7 Å². The van der Waals surface area contributed by atoms with Crippen LogP contribution >= 0.6 is 11.8 Å². The Bertz CT molecular complexity index is 405. The van der Waals surface area contributed by atoms with Crippen LogP contribution in [0.5, 0.6) is 5.88 Å². The molecule has 1 aromatic heterocycles. The fraction of sp³-hybridized carbons (Fsp3) is 0.500. The lowest BCUT2D eigenvalue weighted by Gasteiger charge is -2.23. The van der Waals surface area contributed by atoms with Gasteiger partial charge in [-0.2, -0.15) is 0 Å². The minimum absolute atomic E-state index is 0.380. The molecule has 2 rings (SSSR count). The maximum absolute atomic E-state index is 5.02. The highest BCUT2D eigenvalue weighted by molar-refractivity contribution is 8.14. The van der Waals surface area contributed by atoms with Crippen LogP contribution in [0.2, 0.25) is 0 Å². The zero-order valence-corrected chi connectivity index (χ0v) is 11.1. The van der Waals surface area contributed by atoms with Crippen molar-refractivity contribution in [2.45, 2.75) is 19.9 Å². The molecule has 1 aliphatic rings. The molecule has 1 aromatic rings. The van der Waals surface area contributed by atoms with Gasteiger partial charge in [0, 0.05) is 11.8 Å². The number of aliphatic imine (C=N–C) groups is 1. The molecule has 2 unspecified atom stereocenters. The zero-order chi connectivity index (χ0) is 12.3. The smallest absolute Gasteiger partial charge is 0.213 e. The number of nitrogens with zero attached hydrogens (tertiary/aromatic N) is 2. The summed E-state index contributed by atoms with van der Waals surface area (Å²) in [4.78, 5) is 8.76. The molecular formula is C12H17N3OS. The number of aromatic nitrogens is 1. The number of thioether (sulfide) groups is 1. The first-order chi connectivity index (χ1) is 8.19. The second-order valence-electron chi connectivity index (χ2n) is 4.18. The van der Waals surface area contributed by atoms with Crippen molar-refractivity contribution in [3.63, 3.8) is 0 Å². The summed E-state index contributed by atoms with van der Waals surface area (Å²) in [5.74, 6) is 2.37. The van der Waals surface area contributed by atoms with E-state index in [9.17, 15) is 0 Å². The van der Waals surface area contributed by atoms with Crippen LogP contribution in [0.3, 0.4) is 0 Å². The standard InChI is InChI=1S/C12H17N3OS/c1-8-7-17-12(14-9(8)2)15-10-4-5-11(16-3)13-6-10/h4-6,8-9H,7H2,1-3H3,(H,14,15). The van der Waals surface area contributed by atoms with E-state index in [2.05, 4.69) is 29.1 Å². The van der Waals surface area contributed by atoms with Crippen LogP contribution in [-0.4, -0.2) is 29.1 Å². The number of pyridine rings is 1. The summed E-state index contributed by atoms with van der Waals surface area (Å²) in [7, 11) is 1.61. The fourth-order valence-electron chi connectivity index (χ4n) is 1.47. The summed E-state index contributed by atoms with van der Waals surface area (Å²) in [5, 5.41) is 4.25. The number of anilines is 1. The monoisotopic (exact) mass is 251 g/mol. The lowest BCUT2D eigenvalue weighted by Crippen LogP contribution is -2.25. The van der Waals surface area contributed by atoms with Crippen molar-refractivity contribution in [2.24, 2.45) is 10.9 Å². The third-order valence-corrected chi connectivity index (χ3v) is 4.00. The molecule has 1 aliphatic heterocycles. The molecule has 2 heterocycles. The van der Waals surface area contributed by atoms with Gasteiger partial charge in [-0.3, -0.25) is 4.99 Å². The molecule has 0 spiro atoms. The van der Waals surface area contributed by atoms with Crippen molar-refractivity contribution >= 4 is 22.6 Å². The second-order valence-corrected chi connectivity index (χ2v) is 5.19. The number of nitrogens with one attached hydrogen (secondary N) is 1. The molecule has 0 radical (unpaired) electrons. The van der Waals surface area contributed by atoms with Gasteiger partial charge in [0.2, 0.25) is 5.88 Å². The number of ether oxygens (including phenoxy) is 1. The highest BCUT2D eigenvalue weighted by atomic mass is 32.2. The Kier molecular flexibility index (Phi) is 3.89. The quantitative estimate of drug-likeness (QED) is 0.877. The predicted molar refractivity (Wildman–Crippen MR) is 72.9 cm³/mol. The van der Waals surface area contributed by atoms with E-state index in [1.807, 2.05) is 12.1 Å². The van der Waals surface area contributed by atoms with Crippen LogP contribution in [0.15, 0.2) is 23.3 Å². The van der Waals surface area contributed by atoms with Crippen LogP contribution in [0, 0.1) is 5.92 Å². The van der Waals surface area contributed by atoms with E-state index in [1.54, 1.807) is 25.1 Å². The van der Waals surface area contributed by atoms with E-state index < -0.39 is 0 Å². The highest BCUT2D eigenvalue weighted by Crippen LogP contribution is 2.23. The molecule has 0 aliphatic carbocycles. The van der Waals surface area contributed by atoms with E-state index in [1.165, 1.54) is 0 Å². The zero-order valence-electron chi connectivity index (χ0n) is 10.3. The Morgan fingerprint density at radius 2 is 2.24 bits per heavy atom. The van der Waals surface area contributed by atoms with Crippen molar-refractivity contribution in [3.05, 3.63) is 18.3 Å². The van der Waals surface area contributed by atoms with Gasteiger partial charge in [0.25, 0.3) is 0 Å². The molecular weight excluding hydrogens is 234 g/mol. The Morgan fingerprint density at radius 1 is 1.41 bits per heavy atom. The van der Waals surface area contributed by atoms with Gasteiger partial charge in [-0.05, 0) is 18.9 Å². The summed E-state index contributed by atoms with van der Waals surface area (Å²) < 4.78 is 5.02. The maximum Gasteiger partial charge on any atom is 0.213 e. The average Bonchev–Trinajstić information content (AvgIpc) is 2.35. The van der Waals surface area contributed by atoms with Crippen LogP contribution in [-0.2, 0) is 0 Å². The van der Waals surface area contributed by atoms with Gasteiger partial charge in [0.15, 0.2) is 5.17 Å². The van der Waals surface area contributed by atoms with E-state index in [-0.39, 0.29) is 0 Å². The van der Waals surface area contributed by atoms with E-state index in [0.717, 1.165) is 16.6 Å². The van der Waals surface area contributed by atoms with Gasteiger partial charge in [0.1, 0.15) is 0 Å². The average molecular weight is 251 g/mol. The van der Waals surface area contributed by atoms with Gasteiger partial charge < -0.3 is 10.1 Å². The molecule has 0 bridgehead atoms. The first-order valence-corrected chi connectivity index (χ1v) is 6.65. The first kappa shape index (κ1) is 12.2. The van der Waals surface area contributed by atoms with Crippen LogP contribution in [0.4, 0.5) is 5.69 Å². The lowest BCUT2D eigenvalue weighted by molar-refractivity contribution is 0.398. The summed E-state index contributed by atoms with van der Waals surface area (Å²) in [6, 6.07) is 4.16. The normalized spacial score (nSPS) is 24.1. The van der Waals surface area contributed by atoms with Gasteiger partial charge in [-0.15, -0.1) is 0 Å². The number of hydrogen-bond donors (Lipinski definition) is 1. The van der Waals surface area contributed by atoms with Gasteiger partial charge >= 0.3 is 0 Å². The summed E-state index contributed by atoms with van der Waals surface area (Å²) in [6.07, 6.45) is 1.75. The van der Waals surface area contributed by atoms with Crippen molar-refractivity contribution in [1.29, 1.82) is 0 Å². The summed E-state index contributed by atoms with van der Waals surface area (Å²) in [5.41, 5.74) is 0.943. The molecule has 0 fully saturated rings. The molecule has 2 atom stereocenters. The van der Waals surface area contributed by atoms with Gasteiger partial charge in [-0.25, -0.2) is 4.98 Å². The van der Waals surface area contributed by atoms with Crippen LogP contribution < -0.4 is 10.1 Å². The molecule has 5 heteroatoms. The topological polar surface area (TPSA) is 46.5 Å². The molecule has 0 amide bonds. The number of rotatable bonds is 2. The summed E-state index contributed by atoms with van der Waals surface area (Å²) >= 11 is 1.76. The minimum Gasteiger partial charge on any atom is -0.481 e. The second kappa shape index (κ2) is 5.40. The third-order valence-electron chi connectivity index (χ3n) is 2.82. The molecule has 92 valence electrons. The van der Waals surface area contributed by atoms with E-state index >= 15 is 0 Å². The van der Waals surface area contributed by atoms with E-state index in [4.69, 9.17) is 4.74 Å². The largest absolute Gasteiger partial charge is 0.481 e. The summed E-state index contributed by atoms with van der Waals surface area (Å²) in [6.45, 7) is 4.38. The predicted octanol–water partition coefficient (Wildman–Crippen LogP) is 2.63. The third kappa shape index (κ3) is 3.12. The Labute approximate surface area is 106 Å². The van der Waals surface area contributed by atoms with Gasteiger partial charge in [0.05, 0.1) is 25.0 Å². The number of hydrogen-bond acceptors (Lipinski definition) is 5. The highest BCUT2D eigenvalue weighted by Gasteiger charge is 2.19. The molecule has 4 nitrogen and oxygen atoms in total. The van der Waals surface area contributed by atoms with Crippen LogP contribution in [0.25, 0.3) is 0 Å². The van der Waals surface area contributed by atoms with Crippen molar-refractivity contribution in [2.75, 3.05) is 18.2 Å². The van der Waals surface area contributed by atoms with Crippen molar-refractivity contribution < 1.29 is 4.74 Å². The Balaban J connectivity index is 2.03. The lowest BCUT2D eigenvalue weighted by atomic mass is 10.1. The van der Waals surface area contributed by atoms with Crippen LogP contribution in [0.1, 0.15) is 13.8 Å². The Morgan fingerprint density at radius 3 is 2.82 bits per heavy atom. The number of amidine groups is 1. The molecule has 0 saturated heterocycles. The first-order valence-electron chi connectivity index (χ1n) is 5.66. The molecule has 0 aromatic carbocycles. The molecule has 0 saturated carbocycles. The SMILES string of the molecule is COc1ccc(NC2=NC(C)C(C)CS2)cn1. The maximum atomic E-state index is 5.02. The Hall–Kier alpha value is -1.23. The molecule has 17 heavy (non-hydrogen) atoms. The van der Waals surface area contributed by atoms with Crippen molar-refractivity contribution in [3.8, 4) is 5.88 Å².